The first-order chi connectivity index (χ1) is 7.74. The van der Waals surface area contributed by atoms with E-state index in [2.05, 4.69) is 19.2 Å². The van der Waals surface area contributed by atoms with E-state index < -0.39 is 0 Å². The largest absolute Gasteiger partial charge is 0.352 e. The minimum atomic E-state index is 0.169. The highest BCUT2D eigenvalue weighted by molar-refractivity contribution is 5.76. The second-order valence-corrected chi connectivity index (χ2v) is 4.45. The van der Waals surface area contributed by atoms with Crippen LogP contribution in [-0.4, -0.2) is 18.5 Å². The van der Waals surface area contributed by atoms with Gasteiger partial charge < -0.3 is 11.1 Å². The van der Waals surface area contributed by atoms with Crippen molar-refractivity contribution in [2.45, 2.75) is 71.3 Å². The average molecular weight is 228 g/mol. The van der Waals surface area contributed by atoms with Crippen LogP contribution in [0.3, 0.4) is 0 Å². The molecule has 3 N–H and O–H groups in total. The van der Waals surface area contributed by atoms with E-state index >= 15 is 0 Å². The van der Waals surface area contributed by atoms with Gasteiger partial charge in [-0.1, -0.05) is 46.0 Å². The Morgan fingerprint density at radius 2 is 1.81 bits per heavy atom. The van der Waals surface area contributed by atoms with Crippen molar-refractivity contribution in [2.24, 2.45) is 5.73 Å². The summed E-state index contributed by atoms with van der Waals surface area (Å²) in [4.78, 5) is 11.6. The molecule has 0 aliphatic carbocycles. The van der Waals surface area contributed by atoms with E-state index in [9.17, 15) is 4.79 Å². The Morgan fingerprint density at radius 3 is 2.38 bits per heavy atom. The standard InChI is InChI=1S/C13H28N2O/c1-3-5-7-8-10-13(16)15-12(11-14)9-6-4-2/h12H,3-11,14H2,1-2H3,(H,15,16). The molecule has 0 heterocycles. The van der Waals surface area contributed by atoms with Crippen molar-refractivity contribution in [3.8, 4) is 0 Å². The minimum Gasteiger partial charge on any atom is -0.352 e. The van der Waals surface area contributed by atoms with E-state index in [1.807, 2.05) is 0 Å². The van der Waals surface area contributed by atoms with E-state index in [1.165, 1.54) is 12.8 Å². The maximum absolute atomic E-state index is 11.6. The molecule has 0 aromatic heterocycles. The molecule has 16 heavy (non-hydrogen) atoms. The summed E-state index contributed by atoms with van der Waals surface area (Å²) >= 11 is 0. The zero-order valence-electron chi connectivity index (χ0n) is 10.9. The number of carbonyl (C=O) groups excluding carboxylic acids is 1. The van der Waals surface area contributed by atoms with Crippen LogP contribution >= 0.6 is 0 Å². The lowest BCUT2D eigenvalue weighted by molar-refractivity contribution is -0.121. The predicted octanol–water partition coefficient (Wildman–Crippen LogP) is 2.59. The van der Waals surface area contributed by atoms with E-state index in [-0.39, 0.29) is 11.9 Å². The van der Waals surface area contributed by atoms with Gasteiger partial charge in [-0.2, -0.15) is 0 Å². The number of rotatable bonds is 10. The van der Waals surface area contributed by atoms with Gasteiger partial charge in [0.15, 0.2) is 0 Å². The van der Waals surface area contributed by atoms with Gasteiger partial charge in [0.05, 0.1) is 0 Å². The van der Waals surface area contributed by atoms with E-state index in [1.54, 1.807) is 0 Å². The van der Waals surface area contributed by atoms with Crippen LogP contribution in [0.25, 0.3) is 0 Å². The summed E-state index contributed by atoms with van der Waals surface area (Å²) < 4.78 is 0. The molecule has 1 atom stereocenters. The van der Waals surface area contributed by atoms with Crippen molar-refractivity contribution < 1.29 is 4.79 Å². The maximum Gasteiger partial charge on any atom is 0.220 e. The van der Waals surface area contributed by atoms with Gasteiger partial charge >= 0.3 is 0 Å². The molecule has 0 aromatic carbocycles. The summed E-state index contributed by atoms with van der Waals surface area (Å²) in [6.07, 6.45) is 8.56. The fourth-order valence-corrected chi connectivity index (χ4v) is 1.71. The normalized spacial score (nSPS) is 12.4. The number of amides is 1. The number of nitrogens with two attached hydrogens (primary N) is 1. The molecule has 0 rings (SSSR count). The summed E-state index contributed by atoms with van der Waals surface area (Å²) in [6.45, 7) is 4.89. The highest BCUT2D eigenvalue weighted by atomic mass is 16.1. The van der Waals surface area contributed by atoms with Gasteiger partial charge in [-0.05, 0) is 12.8 Å². The monoisotopic (exact) mass is 228 g/mol. The SMILES string of the molecule is CCCCCCC(=O)NC(CN)CCCC. The smallest absolute Gasteiger partial charge is 0.220 e. The summed E-state index contributed by atoms with van der Waals surface area (Å²) in [6, 6.07) is 0.179. The van der Waals surface area contributed by atoms with Crippen molar-refractivity contribution in [1.82, 2.24) is 5.32 Å². The Kier molecular flexibility index (Phi) is 10.5. The molecule has 0 fully saturated rings. The predicted molar refractivity (Wildman–Crippen MR) is 69.3 cm³/mol. The van der Waals surface area contributed by atoms with Gasteiger partial charge in [-0.3, -0.25) is 4.79 Å². The number of nitrogens with one attached hydrogen (secondary N) is 1. The quantitative estimate of drug-likeness (QED) is 0.565. The van der Waals surface area contributed by atoms with Crippen LogP contribution in [-0.2, 0) is 4.79 Å². The number of unbranched alkanes of at least 4 members (excludes halogenated alkanes) is 4. The van der Waals surface area contributed by atoms with Gasteiger partial charge in [-0.15, -0.1) is 0 Å². The molecular formula is C13H28N2O. The van der Waals surface area contributed by atoms with Crippen molar-refractivity contribution >= 4 is 5.91 Å². The number of carbonyl (C=O) groups is 1. The van der Waals surface area contributed by atoms with Gasteiger partial charge in [-0.25, -0.2) is 0 Å². The van der Waals surface area contributed by atoms with E-state index in [0.29, 0.717) is 13.0 Å². The summed E-state index contributed by atoms with van der Waals surface area (Å²) in [7, 11) is 0. The summed E-state index contributed by atoms with van der Waals surface area (Å²) in [5.41, 5.74) is 5.62. The molecule has 0 saturated heterocycles. The topological polar surface area (TPSA) is 55.1 Å². The lowest BCUT2D eigenvalue weighted by Gasteiger charge is -2.16. The van der Waals surface area contributed by atoms with Crippen molar-refractivity contribution in [3.05, 3.63) is 0 Å². The molecule has 1 amide bonds. The maximum atomic E-state index is 11.6. The molecule has 0 spiro atoms. The average Bonchev–Trinajstić information content (AvgIpc) is 2.30. The Morgan fingerprint density at radius 1 is 1.12 bits per heavy atom. The van der Waals surface area contributed by atoms with Crippen molar-refractivity contribution in [2.75, 3.05) is 6.54 Å². The molecule has 3 nitrogen and oxygen atoms in total. The first-order valence-corrected chi connectivity index (χ1v) is 6.74. The van der Waals surface area contributed by atoms with Crippen LogP contribution in [0, 0.1) is 0 Å². The molecule has 0 bridgehead atoms. The molecule has 3 heteroatoms. The van der Waals surface area contributed by atoms with Gasteiger partial charge in [0.25, 0.3) is 0 Å². The van der Waals surface area contributed by atoms with Gasteiger partial charge in [0.2, 0.25) is 5.91 Å². The molecule has 0 aliphatic rings. The van der Waals surface area contributed by atoms with E-state index in [0.717, 1.165) is 32.1 Å². The fourth-order valence-electron chi connectivity index (χ4n) is 1.71. The zero-order valence-corrected chi connectivity index (χ0v) is 10.9. The highest BCUT2D eigenvalue weighted by Gasteiger charge is 2.09. The second-order valence-electron chi connectivity index (χ2n) is 4.45. The Labute approximate surface area is 100 Å². The van der Waals surface area contributed by atoms with Crippen LogP contribution in [0.1, 0.15) is 65.2 Å². The third-order valence-electron chi connectivity index (χ3n) is 2.81. The third-order valence-corrected chi connectivity index (χ3v) is 2.81. The lowest BCUT2D eigenvalue weighted by Crippen LogP contribution is -2.40. The molecule has 0 aliphatic heterocycles. The molecule has 0 radical (unpaired) electrons. The Bertz CT molecular complexity index is 171. The van der Waals surface area contributed by atoms with Gasteiger partial charge in [0, 0.05) is 19.0 Å². The Hall–Kier alpha value is -0.570. The van der Waals surface area contributed by atoms with Crippen molar-refractivity contribution in [3.63, 3.8) is 0 Å². The summed E-state index contributed by atoms with van der Waals surface area (Å²) in [5, 5.41) is 3.01. The Balaban J connectivity index is 3.57. The first-order valence-electron chi connectivity index (χ1n) is 6.74. The fraction of sp³-hybridized carbons (Fsp3) is 0.923. The number of hydrogen-bond donors (Lipinski definition) is 2. The molecular weight excluding hydrogens is 200 g/mol. The molecule has 0 saturated carbocycles. The zero-order chi connectivity index (χ0) is 12.2. The van der Waals surface area contributed by atoms with Crippen LogP contribution in [0.2, 0.25) is 0 Å². The minimum absolute atomic E-state index is 0.169. The van der Waals surface area contributed by atoms with Crippen LogP contribution in [0.4, 0.5) is 0 Å². The van der Waals surface area contributed by atoms with E-state index in [4.69, 9.17) is 5.73 Å². The van der Waals surface area contributed by atoms with Gasteiger partial charge in [0.1, 0.15) is 0 Å². The van der Waals surface area contributed by atoms with Crippen LogP contribution < -0.4 is 11.1 Å². The molecule has 96 valence electrons. The number of hydrogen-bond acceptors (Lipinski definition) is 2. The summed E-state index contributed by atoms with van der Waals surface area (Å²) in [5.74, 6) is 0.169. The lowest BCUT2D eigenvalue weighted by atomic mass is 10.1. The molecule has 0 aromatic rings. The van der Waals surface area contributed by atoms with Crippen LogP contribution in [0.15, 0.2) is 0 Å². The highest BCUT2D eigenvalue weighted by Crippen LogP contribution is 2.04. The molecule has 1 unspecified atom stereocenters. The van der Waals surface area contributed by atoms with Crippen molar-refractivity contribution in [1.29, 1.82) is 0 Å². The van der Waals surface area contributed by atoms with Crippen LogP contribution in [0.5, 0.6) is 0 Å². The third kappa shape index (κ3) is 8.72. The second kappa shape index (κ2) is 10.9. The first kappa shape index (κ1) is 15.4.